The third kappa shape index (κ3) is 8.27. The zero-order chi connectivity index (χ0) is 25.1. The number of benzene rings is 2. The van der Waals surface area contributed by atoms with Gasteiger partial charge in [0.05, 0.1) is 9.85 Å². The maximum atomic E-state index is 12.2. The highest BCUT2D eigenvalue weighted by Crippen LogP contribution is 2.24. The van der Waals surface area contributed by atoms with Crippen LogP contribution < -0.4 is 10.6 Å². The molecule has 34 heavy (non-hydrogen) atoms. The molecular weight excluding hydrogens is 487 g/mol. The number of nitro groups is 2. The summed E-state index contributed by atoms with van der Waals surface area (Å²) in [7, 11) is 0. The van der Waals surface area contributed by atoms with Gasteiger partial charge in [0.15, 0.2) is 0 Å². The summed E-state index contributed by atoms with van der Waals surface area (Å²) in [6.45, 7) is 0.795. The fourth-order valence-electron chi connectivity index (χ4n) is 3.25. The molecule has 0 fully saturated rings. The maximum Gasteiger partial charge on any atom is 0.283 e. The number of nitro benzene ring substituents is 2. The van der Waals surface area contributed by atoms with Gasteiger partial charge in [-0.25, -0.2) is 0 Å². The quantitative estimate of drug-likeness (QED) is 0.212. The van der Waals surface area contributed by atoms with Crippen LogP contribution in [0.2, 0.25) is 10.0 Å². The lowest BCUT2D eigenvalue weighted by molar-refractivity contribution is -0.385. The largest absolute Gasteiger partial charge is 0.352 e. The lowest BCUT2D eigenvalue weighted by Gasteiger charge is -2.07. The molecule has 0 unspecified atom stereocenters. The Hall–Kier alpha value is -3.24. The Balaban J connectivity index is 1.59. The summed E-state index contributed by atoms with van der Waals surface area (Å²) >= 11 is 11.5. The Labute approximate surface area is 205 Å². The minimum absolute atomic E-state index is 0.0274. The average Bonchev–Trinajstić information content (AvgIpc) is 2.79. The van der Waals surface area contributed by atoms with Crippen LogP contribution in [0.25, 0.3) is 0 Å². The molecule has 0 aliphatic heterocycles. The lowest BCUT2D eigenvalue weighted by Crippen LogP contribution is -2.25. The van der Waals surface area contributed by atoms with Crippen molar-refractivity contribution in [1.29, 1.82) is 0 Å². The number of unbranched alkanes of at least 4 members (excludes halogenated alkanes) is 5. The third-order valence-corrected chi connectivity index (χ3v) is 5.45. The van der Waals surface area contributed by atoms with Crippen LogP contribution in [-0.4, -0.2) is 34.8 Å². The SMILES string of the molecule is O=C(NCCCCCCCCNC(=O)c1ccc(Cl)cc1[N+](=O)[O-])c1ccc(Cl)cc1[N+](=O)[O-]. The van der Waals surface area contributed by atoms with E-state index in [1.807, 2.05) is 0 Å². The van der Waals surface area contributed by atoms with Crippen molar-refractivity contribution in [1.82, 2.24) is 10.6 Å². The van der Waals surface area contributed by atoms with E-state index >= 15 is 0 Å². The molecule has 0 bridgehead atoms. The van der Waals surface area contributed by atoms with Gasteiger partial charge in [-0.05, 0) is 37.1 Å². The van der Waals surface area contributed by atoms with Crippen molar-refractivity contribution in [3.8, 4) is 0 Å². The molecule has 2 rings (SSSR count). The molecule has 2 aromatic rings. The van der Waals surface area contributed by atoms with Gasteiger partial charge >= 0.3 is 0 Å². The molecule has 0 saturated carbocycles. The van der Waals surface area contributed by atoms with Gasteiger partial charge in [0.25, 0.3) is 23.2 Å². The normalized spacial score (nSPS) is 10.5. The van der Waals surface area contributed by atoms with Crippen molar-refractivity contribution < 1.29 is 19.4 Å². The van der Waals surface area contributed by atoms with Crippen molar-refractivity contribution in [3.63, 3.8) is 0 Å². The molecule has 2 amide bonds. The number of nitrogens with one attached hydrogen (secondary N) is 2. The number of rotatable bonds is 13. The molecule has 2 N–H and O–H groups in total. The van der Waals surface area contributed by atoms with E-state index in [1.54, 1.807) is 0 Å². The van der Waals surface area contributed by atoms with Gasteiger partial charge in [0.2, 0.25) is 0 Å². The molecule has 0 radical (unpaired) electrons. The minimum atomic E-state index is -0.639. The molecule has 0 saturated heterocycles. The number of carbonyl (C=O) groups is 2. The van der Waals surface area contributed by atoms with E-state index in [0.29, 0.717) is 13.1 Å². The average molecular weight is 511 g/mol. The van der Waals surface area contributed by atoms with Crippen molar-refractivity contribution in [2.24, 2.45) is 0 Å². The first kappa shape index (κ1) is 27.0. The van der Waals surface area contributed by atoms with Gasteiger partial charge in [-0.3, -0.25) is 29.8 Å². The van der Waals surface area contributed by atoms with Crippen LogP contribution in [0.4, 0.5) is 11.4 Å². The minimum Gasteiger partial charge on any atom is -0.352 e. The van der Waals surface area contributed by atoms with Gasteiger partial charge < -0.3 is 10.6 Å². The second-order valence-electron chi connectivity index (χ2n) is 7.47. The smallest absolute Gasteiger partial charge is 0.283 e. The summed E-state index contributed by atoms with van der Waals surface area (Å²) in [6, 6.07) is 7.83. The second kappa shape index (κ2) is 13.5. The van der Waals surface area contributed by atoms with Gasteiger partial charge in [0.1, 0.15) is 11.1 Å². The van der Waals surface area contributed by atoms with Crippen molar-refractivity contribution in [3.05, 3.63) is 77.8 Å². The lowest BCUT2D eigenvalue weighted by atomic mass is 10.1. The molecule has 0 aliphatic carbocycles. The van der Waals surface area contributed by atoms with Gasteiger partial charge in [-0.15, -0.1) is 0 Å². The number of hydrogen-bond acceptors (Lipinski definition) is 6. The summed E-state index contributed by atoms with van der Waals surface area (Å²) in [4.78, 5) is 45.2. The Bertz CT molecular complexity index is 980. The van der Waals surface area contributed by atoms with Crippen molar-refractivity contribution in [2.45, 2.75) is 38.5 Å². The van der Waals surface area contributed by atoms with E-state index in [2.05, 4.69) is 10.6 Å². The van der Waals surface area contributed by atoms with E-state index in [9.17, 15) is 29.8 Å². The zero-order valence-electron chi connectivity index (χ0n) is 18.2. The van der Waals surface area contributed by atoms with Crippen LogP contribution in [0.1, 0.15) is 59.2 Å². The second-order valence-corrected chi connectivity index (χ2v) is 8.34. The molecule has 10 nitrogen and oxygen atoms in total. The zero-order valence-corrected chi connectivity index (χ0v) is 19.7. The number of nitrogens with zero attached hydrogens (tertiary/aromatic N) is 2. The highest BCUT2D eigenvalue weighted by molar-refractivity contribution is 6.31. The topological polar surface area (TPSA) is 144 Å². The fraction of sp³-hybridized carbons (Fsp3) is 0.364. The highest BCUT2D eigenvalue weighted by atomic mass is 35.5. The van der Waals surface area contributed by atoms with Crippen molar-refractivity contribution in [2.75, 3.05) is 13.1 Å². The summed E-state index contributed by atoms with van der Waals surface area (Å²) in [6.07, 6.45) is 5.04. The summed E-state index contributed by atoms with van der Waals surface area (Å²) in [5.41, 5.74) is -0.716. The Morgan fingerprint density at radius 2 is 1.03 bits per heavy atom. The van der Waals surface area contributed by atoms with Crippen LogP contribution in [0.5, 0.6) is 0 Å². The molecular formula is C22H24Cl2N4O6. The molecule has 12 heteroatoms. The molecule has 2 aromatic carbocycles. The molecule has 0 aromatic heterocycles. The van der Waals surface area contributed by atoms with Crippen LogP contribution in [0.15, 0.2) is 36.4 Å². The van der Waals surface area contributed by atoms with E-state index in [4.69, 9.17) is 23.2 Å². The van der Waals surface area contributed by atoms with E-state index in [-0.39, 0.29) is 32.5 Å². The number of amides is 2. The third-order valence-electron chi connectivity index (χ3n) is 4.98. The molecule has 0 aliphatic rings. The first-order valence-electron chi connectivity index (χ1n) is 10.6. The van der Waals surface area contributed by atoms with Crippen LogP contribution >= 0.6 is 23.2 Å². The molecule has 0 heterocycles. The van der Waals surface area contributed by atoms with Gasteiger partial charge in [-0.1, -0.05) is 48.9 Å². The summed E-state index contributed by atoms with van der Waals surface area (Å²) in [5.74, 6) is -1.03. The van der Waals surface area contributed by atoms with Crippen LogP contribution in [0.3, 0.4) is 0 Å². The van der Waals surface area contributed by atoms with Crippen LogP contribution in [0, 0.1) is 20.2 Å². The number of halogens is 2. The molecule has 182 valence electrons. The predicted octanol–water partition coefficient (Wildman–Crippen LogP) is 5.31. The number of hydrogen-bond donors (Lipinski definition) is 2. The Kier molecular flexibility index (Phi) is 10.7. The van der Waals surface area contributed by atoms with Gasteiger partial charge in [0, 0.05) is 35.3 Å². The molecule has 0 spiro atoms. The van der Waals surface area contributed by atoms with E-state index in [1.165, 1.54) is 24.3 Å². The van der Waals surface area contributed by atoms with Crippen molar-refractivity contribution >= 4 is 46.4 Å². The Morgan fingerprint density at radius 1 is 0.676 bits per heavy atom. The van der Waals surface area contributed by atoms with E-state index < -0.39 is 21.7 Å². The first-order chi connectivity index (χ1) is 16.2. The monoisotopic (exact) mass is 510 g/mol. The highest BCUT2D eigenvalue weighted by Gasteiger charge is 2.21. The van der Waals surface area contributed by atoms with E-state index in [0.717, 1.165) is 50.7 Å². The Morgan fingerprint density at radius 3 is 1.38 bits per heavy atom. The number of carbonyl (C=O) groups excluding carboxylic acids is 2. The van der Waals surface area contributed by atoms with Gasteiger partial charge in [-0.2, -0.15) is 0 Å². The molecule has 0 atom stereocenters. The fourth-order valence-corrected chi connectivity index (χ4v) is 3.58. The maximum absolute atomic E-state index is 12.2. The summed E-state index contributed by atoms with van der Waals surface area (Å²) in [5, 5.41) is 27.9. The summed E-state index contributed by atoms with van der Waals surface area (Å²) < 4.78 is 0. The standard InChI is InChI=1S/C22H24Cl2N4O6/c23-15-7-9-17(19(13-15)27(31)32)21(29)25-11-5-3-1-2-4-6-12-26-22(30)18-10-8-16(24)14-20(18)28(33)34/h7-10,13-14H,1-6,11-12H2,(H,25,29)(H,26,30). The first-order valence-corrected chi connectivity index (χ1v) is 11.4. The predicted molar refractivity (Wildman–Crippen MR) is 129 cm³/mol. The van der Waals surface area contributed by atoms with Crippen LogP contribution in [-0.2, 0) is 0 Å².